The van der Waals surface area contributed by atoms with Gasteiger partial charge in [-0.15, -0.1) is 0 Å². The molecule has 32 heavy (non-hydrogen) atoms. The number of benzene rings is 1. The van der Waals surface area contributed by atoms with E-state index >= 15 is 0 Å². The van der Waals surface area contributed by atoms with Crippen LogP contribution in [0.2, 0.25) is 0 Å². The van der Waals surface area contributed by atoms with Crippen molar-refractivity contribution in [3.05, 3.63) is 54.0 Å². The summed E-state index contributed by atoms with van der Waals surface area (Å²) in [5.74, 6) is 0.610. The fourth-order valence-corrected chi connectivity index (χ4v) is 4.23. The largest absolute Gasteiger partial charge is 0.460 e. The number of carbonyl (C=O) groups is 1. The second kappa shape index (κ2) is 9.10. The summed E-state index contributed by atoms with van der Waals surface area (Å²) in [5.41, 5.74) is 4.87. The van der Waals surface area contributed by atoms with Crippen LogP contribution in [0.15, 0.2) is 42.9 Å². The Bertz CT molecular complexity index is 1100. The molecular formula is C25H31N5O2. The van der Waals surface area contributed by atoms with Gasteiger partial charge in [-0.25, -0.2) is 9.97 Å². The van der Waals surface area contributed by atoms with Crippen LogP contribution in [0, 0.1) is 0 Å². The van der Waals surface area contributed by atoms with E-state index in [1.54, 1.807) is 17.1 Å². The lowest BCUT2D eigenvalue weighted by atomic mass is 9.88. The summed E-state index contributed by atoms with van der Waals surface area (Å²) >= 11 is 0. The molecule has 0 fully saturated rings. The van der Waals surface area contributed by atoms with Crippen molar-refractivity contribution in [1.82, 2.24) is 19.7 Å². The van der Waals surface area contributed by atoms with E-state index in [1.165, 1.54) is 11.1 Å². The Hall–Kier alpha value is -3.22. The Kier molecular flexibility index (Phi) is 6.26. The molecule has 3 aromatic rings. The topological polar surface area (TPSA) is 81.9 Å². The van der Waals surface area contributed by atoms with Gasteiger partial charge in [-0.1, -0.05) is 18.6 Å². The van der Waals surface area contributed by atoms with E-state index < -0.39 is 5.60 Å². The summed E-state index contributed by atoms with van der Waals surface area (Å²) in [5, 5.41) is 7.36. The monoisotopic (exact) mass is 433 g/mol. The number of fused-ring (bicyclic) bond motifs is 1. The molecule has 2 aromatic heterocycles. The summed E-state index contributed by atoms with van der Waals surface area (Å²) < 4.78 is 7.31. The number of rotatable bonds is 5. The summed E-state index contributed by atoms with van der Waals surface area (Å²) in [6.45, 7) is 5.74. The van der Waals surface area contributed by atoms with Crippen LogP contribution < -0.4 is 5.32 Å². The summed E-state index contributed by atoms with van der Waals surface area (Å²) in [6, 6.07) is 8.41. The zero-order valence-electron chi connectivity index (χ0n) is 19.3. The van der Waals surface area contributed by atoms with Crippen molar-refractivity contribution in [2.24, 2.45) is 7.05 Å². The van der Waals surface area contributed by atoms with Gasteiger partial charge in [-0.3, -0.25) is 9.48 Å². The van der Waals surface area contributed by atoms with Gasteiger partial charge in [0.25, 0.3) is 0 Å². The molecule has 1 aromatic carbocycles. The third kappa shape index (κ3) is 5.52. The third-order valence-electron chi connectivity index (χ3n) is 5.58. The number of hydrogen-bond acceptors (Lipinski definition) is 6. The van der Waals surface area contributed by atoms with Gasteiger partial charge >= 0.3 is 5.97 Å². The smallest absolute Gasteiger partial charge is 0.306 e. The quantitative estimate of drug-likeness (QED) is 0.442. The fourth-order valence-electron chi connectivity index (χ4n) is 4.23. The highest BCUT2D eigenvalue weighted by Gasteiger charge is 2.25. The van der Waals surface area contributed by atoms with Gasteiger partial charge < -0.3 is 10.1 Å². The number of anilines is 2. The minimum Gasteiger partial charge on any atom is -0.460 e. The van der Waals surface area contributed by atoms with Crippen molar-refractivity contribution in [2.75, 3.05) is 5.32 Å². The third-order valence-corrected chi connectivity index (χ3v) is 5.58. The lowest BCUT2D eigenvalue weighted by Crippen LogP contribution is -2.25. The van der Waals surface area contributed by atoms with E-state index in [-0.39, 0.29) is 11.9 Å². The Labute approximate surface area is 189 Å². The predicted octanol–water partition coefficient (Wildman–Crippen LogP) is 5.16. The first-order valence-corrected chi connectivity index (χ1v) is 11.2. The number of hydrogen-bond donors (Lipinski definition) is 1. The van der Waals surface area contributed by atoms with E-state index in [9.17, 15) is 4.79 Å². The normalized spacial score (nSPS) is 16.2. The number of nitrogens with one attached hydrogen (secondary N) is 1. The van der Waals surface area contributed by atoms with E-state index in [0.29, 0.717) is 12.4 Å². The minimum absolute atomic E-state index is 0.124. The number of nitrogens with zero attached hydrogens (tertiary/aromatic N) is 4. The predicted molar refractivity (Wildman–Crippen MR) is 125 cm³/mol. The van der Waals surface area contributed by atoms with E-state index in [2.05, 4.69) is 33.6 Å². The minimum atomic E-state index is -0.455. The molecule has 1 aliphatic rings. The van der Waals surface area contributed by atoms with Gasteiger partial charge in [0.05, 0.1) is 24.0 Å². The summed E-state index contributed by atoms with van der Waals surface area (Å²) in [7, 11) is 1.87. The second-order valence-corrected chi connectivity index (χ2v) is 9.44. The molecule has 0 bridgehead atoms. The van der Waals surface area contributed by atoms with Crippen LogP contribution in [0.4, 0.5) is 11.6 Å². The standard InChI is InChI=1S/C25H31N5O2/c1-25(2,3)32-23(31)14-18-8-6-5-7-17-13-19(9-10-21(17)18)22-11-12-26-24(29-22)28-20-15-27-30(4)16-20/h9-13,15-16,18H,5-8,14H2,1-4H3,(H,26,28,29)/t18-/m0/s1. The SMILES string of the molecule is Cn1cc(Nc2nccc(-c3ccc4c(c3)CCCC[C@H]4CC(=O)OC(C)(C)C)n2)cn1. The van der Waals surface area contributed by atoms with Crippen molar-refractivity contribution >= 4 is 17.6 Å². The maximum atomic E-state index is 12.5. The Morgan fingerprint density at radius 2 is 2.09 bits per heavy atom. The van der Waals surface area contributed by atoms with Crippen LogP contribution in [-0.2, 0) is 23.0 Å². The molecule has 168 valence electrons. The molecule has 1 N–H and O–H groups in total. The highest BCUT2D eigenvalue weighted by molar-refractivity contribution is 5.71. The molecular weight excluding hydrogens is 402 g/mol. The first-order chi connectivity index (χ1) is 15.3. The molecule has 0 spiro atoms. The van der Waals surface area contributed by atoms with Crippen molar-refractivity contribution in [2.45, 2.75) is 64.4 Å². The molecule has 0 unspecified atom stereocenters. The molecule has 0 aliphatic heterocycles. The molecule has 0 saturated heterocycles. The lowest BCUT2D eigenvalue weighted by Gasteiger charge is -2.23. The highest BCUT2D eigenvalue weighted by Crippen LogP contribution is 2.35. The molecule has 2 heterocycles. The molecule has 4 rings (SSSR count). The van der Waals surface area contributed by atoms with Crippen LogP contribution in [0.1, 0.15) is 63.5 Å². The Balaban J connectivity index is 1.56. The molecule has 1 aliphatic carbocycles. The number of ether oxygens (including phenoxy) is 1. The zero-order valence-corrected chi connectivity index (χ0v) is 19.3. The summed E-state index contributed by atoms with van der Waals surface area (Å²) in [6.07, 6.45) is 10.1. The number of esters is 1. The molecule has 1 atom stereocenters. The van der Waals surface area contributed by atoms with Gasteiger partial charge in [0.2, 0.25) is 5.95 Å². The maximum Gasteiger partial charge on any atom is 0.306 e. The molecule has 7 nitrogen and oxygen atoms in total. The van der Waals surface area contributed by atoms with Crippen molar-refractivity contribution in [3.8, 4) is 11.3 Å². The van der Waals surface area contributed by atoms with Crippen LogP contribution in [0.25, 0.3) is 11.3 Å². The Morgan fingerprint density at radius 1 is 1.25 bits per heavy atom. The lowest BCUT2D eigenvalue weighted by molar-refractivity contribution is -0.155. The number of aryl methyl sites for hydroxylation is 2. The van der Waals surface area contributed by atoms with Gasteiger partial charge in [0.15, 0.2) is 0 Å². The summed E-state index contributed by atoms with van der Waals surface area (Å²) in [4.78, 5) is 21.5. The van der Waals surface area contributed by atoms with Crippen molar-refractivity contribution < 1.29 is 9.53 Å². The van der Waals surface area contributed by atoms with Crippen LogP contribution in [-0.4, -0.2) is 31.3 Å². The average Bonchev–Trinajstić information content (AvgIpc) is 3.02. The van der Waals surface area contributed by atoms with Crippen LogP contribution in [0.3, 0.4) is 0 Å². The molecule has 0 radical (unpaired) electrons. The fraction of sp³-hybridized carbons (Fsp3) is 0.440. The van der Waals surface area contributed by atoms with Crippen LogP contribution >= 0.6 is 0 Å². The maximum absolute atomic E-state index is 12.5. The van der Waals surface area contributed by atoms with Crippen molar-refractivity contribution in [3.63, 3.8) is 0 Å². The average molecular weight is 434 g/mol. The van der Waals surface area contributed by atoms with Gasteiger partial charge in [0.1, 0.15) is 5.60 Å². The van der Waals surface area contributed by atoms with Crippen LogP contribution in [0.5, 0.6) is 0 Å². The van der Waals surface area contributed by atoms with E-state index in [1.807, 2.05) is 40.1 Å². The first-order valence-electron chi connectivity index (χ1n) is 11.2. The molecule has 7 heteroatoms. The van der Waals surface area contributed by atoms with E-state index in [0.717, 1.165) is 42.6 Å². The van der Waals surface area contributed by atoms with Gasteiger partial charge in [-0.2, -0.15) is 5.10 Å². The number of aromatic nitrogens is 4. The van der Waals surface area contributed by atoms with Gasteiger partial charge in [-0.05, 0) is 69.2 Å². The number of carbonyl (C=O) groups excluding carboxylic acids is 1. The van der Waals surface area contributed by atoms with E-state index in [4.69, 9.17) is 9.72 Å². The van der Waals surface area contributed by atoms with Gasteiger partial charge in [0, 0.05) is 25.0 Å². The first kappa shape index (κ1) is 22.0. The highest BCUT2D eigenvalue weighted by atomic mass is 16.6. The zero-order chi connectivity index (χ0) is 22.7. The Morgan fingerprint density at radius 3 is 2.84 bits per heavy atom. The second-order valence-electron chi connectivity index (χ2n) is 9.44. The molecule has 0 amide bonds. The van der Waals surface area contributed by atoms with Crippen molar-refractivity contribution in [1.29, 1.82) is 0 Å². The molecule has 0 saturated carbocycles.